The molecule has 0 aromatic heterocycles. The predicted octanol–water partition coefficient (Wildman–Crippen LogP) is 4.05. The number of unbranched alkanes of at least 4 members (excludes halogenated alkanes) is 5. The minimum atomic E-state index is 0.109. The second-order valence-corrected chi connectivity index (χ2v) is 3.60. The summed E-state index contributed by atoms with van der Waals surface area (Å²) in [5, 5.41) is 0. The fourth-order valence-corrected chi connectivity index (χ4v) is 1.23. The Morgan fingerprint density at radius 3 is 2.43 bits per heavy atom. The summed E-state index contributed by atoms with van der Waals surface area (Å²) < 4.78 is 0. The van der Waals surface area contributed by atoms with E-state index in [1.54, 1.807) is 13.0 Å². The molecule has 80 valence electrons. The first-order chi connectivity index (χ1) is 6.77. The quantitative estimate of drug-likeness (QED) is 0.323. The zero-order chi connectivity index (χ0) is 10.6. The first-order valence-electron chi connectivity index (χ1n) is 5.61. The normalized spacial score (nSPS) is 11.6. The predicted molar refractivity (Wildman–Crippen MR) is 62.3 cm³/mol. The topological polar surface area (TPSA) is 17.1 Å². The Kier molecular flexibility index (Phi) is 9.61. The summed E-state index contributed by atoms with van der Waals surface area (Å²) in [5.74, 6) is 0.109. The van der Waals surface area contributed by atoms with Crippen LogP contribution in [0.4, 0.5) is 0 Å². The SMILES string of the molecule is CCCCCCC/C=C/C=C/C(C)=O. The molecule has 0 bridgehead atoms. The molecule has 0 atom stereocenters. The Labute approximate surface area is 87.9 Å². The molecule has 0 fully saturated rings. The molecule has 0 aliphatic heterocycles. The van der Waals surface area contributed by atoms with Crippen molar-refractivity contribution in [3.05, 3.63) is 24.3 Å². The molecule has 0 aromatic carbocycles. The molecule has 0 spiro atoms. The average molecular weight is 194 g/mol. The van der Waals surface area contributed by atoms with Crippen LogP contribution in [0.5, 0.6) is 0 Å². The Balaban J connectivity index is 3.23. The van der Waals surface area contributed by atoms with Crippen LogP contribution in [0.2, 0.25) is 0 Å². The lowest BCUT2D eigenvalue weighted by Gasteiger charge is -1.95. The molecule has 1 nitrogen and oxygen atoms in total. The lowest BCUT2D eigenvalue weighted by Crippen LogP contribution is -1.78. The summed E-state index contributed by atoms with van der Waals surface area (Å²) in [4.78, 5) is 10.5. The number of hydrogen-bond acceptors (Lipinski definition) is 1. The Morgan fingerprint density at radius 1 is 1.07 bits per heavy atom. The molecule has 0 unspecified atom stereocenters. The van der Waals surface area contributed by atoms with Crippen LogP contribution in [0.25, 0.3) is 0 Å². The van der Waals surface area contributed by atoms with Gasteiger partial charge in [-0.3, -0.25) is 4.79 Å². The van der Waals surface area contributed by atoms with Gasteiger partial charge in [-0.05, 0) is 25.8 Å². The van der Waals surface area contributed by atoms with Gasteiger partial charge in [0.05, 0.1) is 0 Å². The number of allylic oxidation sites excluding steroid dienone is 4. The molecule has 0 radical (unpaired) electrons. The van der Waals surface area contributed by atoms with Gasteiger partial charge in [0.1, 0.15) is 0 Å². The summed E-state index contributed by atoms with van der Waals surface area (Å²) in [5.41, 5.74) is 0. The lowest BCUT2D eigenvalue weighted by molar-refractivity contribution is -0.112. The van der Waals surface area contributed by atoms with Gasteiger partial charge in [-0.25, -0.2) is 0 Å². The van der Waals surface area contributed by atoms with Crippen LogP contribution >= 0.6 is 0 Å². The lowest BCUT2D eigenvalue weighted by atomic mass is 10.1. The van der Waals surface area contributed by atoms with Crippen LogP contribution in [0.15, 0.2) is 24.3 Å². The van der Waals surface area contributed by atoms with E-state index in [1.807, 2.05) is 12.2 Å². The van der Waals surface area contributed by atoms with Crippen molar-refractivity contribution in [2.24, 2.45) is 0 Å². The molecule has 1 heteroatoms. The number of rotatable bonds is 8. The van der Waals surface area contributed by atoms with Crippen molar-refractivity contribution in [3.63, 3.8) is 0 Å². The van der Waals surface area contributed by atoms with Crippen LogP contribution in [-0.4, -0.2) is 5.78 Å². The molecule has 0 aliphatic rings. The molecular formula is C13H22O. The number of ketones is 1. The molecule has 0 aliphatic carbocycles. The highest BCUT2D eigenvalue weighted by Gasteiger charge is 1.85. The van der Waals surface area contributed by atoms with Crippen molar-refractivity contribution in [3.8, 4) is 0 Å². The fourth-order valence-electron chi connectivity index (χ4n) is 1.23. The van der Waals surface area contributed by atoms with Crippen LogP contribution in [0.3, 0.4) is 0 Å². The summed E-state index contributed by atoms with van der Waals surface area (Å²) in [6.07, 6.45) is 15.2. The molecule has 0 amide bonds. The number of hydrogen-bond donors (Lipinski definition) is 0. The van der Waals surface area contributed by atoms with E-state index in [0.29, 0.717) is 0 Å². The van der Waals surface area contributed by atoms with Crippen LogP contribution in [0, 0.1) is 0 Å². The van der Waals surface area contributed by atoms with E-state index in [2.05, 4.69) is 13.0 Å². The largest absolute Gasteiger partial charge is 0.295 e. The molecule has 0 heterocycles. The van der Waals surface area contributed by atoms with Gasteiger partial charge in [-0.1, -0.05) is 50.8 Å². The zero-order valence-corrected chi connectivity index (χ0v) is 9.46. The number of carbonyl (C=O) groups excluding carboxylic acids is 1. The third-order valence-corrected chi connectivity index (χ3v) is 2.05. The van der Waals surface area contributed by atoms with Gasteiger partial charge in [-0.2, -0.15) is 0 Å². The molecule has 0 saturated carbocycles. The van der Waals surface area contributed by atoms with Crippen molar-refractivity contribution in [1.82, 2.24) is 0 Å². The van der Waals surface area contributed by atoms with E-state index in [1.165, 1.54) is 32.1 Å². The second kappa shape index (κ2) is 10.2. The summed E-state index contributed by atoms with van der Waals surface area (Å²) in [6.45, 7) is 3.79. The first-order valence-corrected chi connectivity index (χ1v) is 5.61. The highest BCUT2D eigenvalue weighted by Crippen LogP contribution is 2.05. The van der Waals surface area contributed by atoms with Gasteiger partial charge in [0.15, 0.2) is 5.78 Å². The summed E-state index contributed by atoms with van der Waals surface area (Å²) >= 11 is 0. The molecule has 0 saturated heterocycles. The maximum atomic E-state index is 10.5. The molecule has 0 aromatic rings. The van der Waals surface area contributed by atoms with Gasteiger partial charge in [0, 0.05) is 0 Å². The van der Waals surface area contributed by atoms with Gasteiger partial charge in [-0.15, -0.1) is 0 Å². The van der Waals surface area contributed by atoms with E-state index in [9.17, 15) is 4.79 Å². The van der Waals surface area contributed by atoms with E-state index in [4.69, 9.17) is 0 Å². The molecule has 0 rings (SSSR count). The van der Waals surface area contributed by atoms with Gasteiger partial charge < -0.3 is 0 Å². The highest BCUT2D eigenvalue weighted by molar-refractivity contribution is 5.87. The Hall–Kier alpha value is -0.850. The fraction of sp³-hybridized carbons (Fsp3) is 0.615. The Morgan fingerprint density at radius 2 is 1.79 bits per heavy atom. The zero-order valence-electron chi connectivity index (χ0n) is 9.46. The smallest absolute Gasteiger partial charge is 0.152 e. The minimum absolute atomic E-state index is 0.109. The number of carbonyl (C=O) groups is 1. The average Bonchev–Trinajstić information content (AvgIpc) is 2.15. The second-order valence-electron chi connectivity index (χ2n) is 3.60. The van der Waals surface area contributed by atoms with Crippen molar-refractivity contribution in [1.29, 1.82) is 0 Å². The maximum Gasteiger partial charge on any atom is 0.152 e. The third kappa shape index (κ3) is 11.2. The van der Waals surface area contributed by atoms with Gasteiger partial charge >= 0.3 is 0 Å². The van der Waals surface area contributed by atoms with Gasteiger partial charge in [0.25, 0.3) is 0 Å². The van der Waals surface area contributed by atoms with E-state index in [-0.39, 0.29) is 5.78 Å². The first kappa shape index (κ1) is 13.2. The minimum Gasteiger partial charge on any atom is -0.295 e. The van der Waals surface area contributed by atoms with Crippen LogP contribution in [-0.2, 0) is 4.79 Å². The van der Waals surface area contributed by atoms with E-state index < -0.39 is 0 Å². The van der Waals surface area contributed by atoms with Crippen LogP contribution in [0.1, 0.15) is 52.4 Å². The molecular weight excluding hydrogens is 172 g/mol. The standard InChI is InChI=1S/C13H22O/c1-3-4-5-6-7-8-9-10-11-12-13(2)14/h9-12H,3-8H2,1-2H3/b10-9+,12-11+. The van der Waals surface area contributed by atoms with Crippen molar-refractivity contribution in [2.75, 3.05) is 0 Å². The van der Waals surface area contributed by atoms with Crippen molar-refractivity contribution >= 4 is 5.78 Å². The van der Waals surface area contributed by atoms with Gasteiger partial charge in [0.2, 0.25) is 0 Å². The van der Waals surface area contributed by atoms with Crippen molar-refractivity contribution in [2.45, 2.75) is 52.4 Å². The monoisotopic (exact) mass is 194 g/mol. The van der Waals surface area contributed by atoms with Crippen LogP contribution < -0.4 is 0 Å². The van der Waals surface area contributed by atoms with E-state index in [0.717, 1.165) is 6.42 Å². The highest BCUT2D eigenvalue weighted by atomic mass is 16.1. The maximum absolute atomic E-state index is 10.5. The Bertz CT molecular complexity index is 189. The molecule has 0 N–H and O–H groups in total. The van der Waals surface area contributed by atoms with Crippen molar-refractivity contribution < 1.29 is 4.79 Å². The van der Waals surface area contributed by atoms with E-state index >= 15 is 0 Å². The third-order valence-electron chi connectivity index (χ3n) is 2.05. The summed E-state index contributed by atoms with van der Waals surface area (Å²) in [7, 11) is 0. The summed E-state index contributed by atoms with van der Waals surface area (Å²) in [6, 6.07) is 0. The molecule has 14 heavy (non-hydrogen) atoms.